The van der Waals surface area contributed by atoms with E-state index >= 15 is 0 Å². The number of aromatic nitrogens is 2. The summed E-state index contributed by atoms with van der Waals surface area (Å²) in [4.78, 5) is 14.3. The predicted molar refractivity (Wildman–Crippen MR) is 98.8 cm³/mol. The fourth-order valence-electron chi connectivity index (χ4n) is 2.16. The number of nitrogens with two attached hydrogens (primary N) is 1. The van der Waals surface area contributed by atoms with Gasteiger partial charge in [-0.1, -0.05) is 32.1 Å². The smallest absolute Gasteiger partial charge is 0.222 e. The van der Waals surface area contributed by atoms with Crippen molar-refractivity contribution >= 4 is 17.5 Å². The number of rotatable bonds is 10. The molecule has 7 heteroatoms. The van der Waals surface area contributed by atoms with Crippen LogP contribution in [0.1, 0.15) is 19.8 Å². The zero-order valence-corrected chi connectivity index (χ0v) is 14.6. The summed E-state index contributed by atoms with van der Waals surface area (Å²) in [6.45, 7) is 5.99. The van der Waals surface area contributed by atoms with Crippen molar-refractivity contribution in [3.63, 3.8) is 0 Å². The maximum absolute atomic E-state index is 9.61. The number of aliphatic hydroxyl groups excluding tert-OH is 1. The van der Waals surface area contributed by atoms with Crippen molar-refractivity contribution in [3.8, 4) is 5.75 Å². The Bertz CT molecular complexity index is 586. The molecular weight excluding hydrogens is 306 g/mol. The zero-order chi connectivity index (χ0) is 17.9. The highest BCUT2D eigenvalue weighted by atomic mass is 16.5. The molecule has 1 heterocycles. The third-order valence-electron chi connectivity index (χ3n) is 3.56. The topological polar surface area (TPSA) is 96.9 Å². The van der Waals surface area contributed by atoms with Crippen LogP contribution in [0.3, 0.4) is 0 Å². The summed E-state index contributed by atoms with van der Waals surface area (Å²) in [7, 11) is 3.55. The molecule has 24 heavy (non-hydrogen) atoms. The van der Waals surface area contributed by atoms with Gasteiger partial charge >= 0.3 is 0 Å². The Labute approximate surface area is 143 Å². The summed E-state index contributed by atoms with van der Waals surface area (Å²) in [5.74, 6) is 1.21. The Morgan fingerprint density at radius 1 is 1.58 bits per heavy atom. The first-order valence-corrected chi connectivity index (χ1v) is 7.91. The molecule has 1 aromatic rings. The number of aliphatic imine (C=N–C) groups is 1. The van der Waals surface area contributed by atoms with E-state index in [2.05, 4.69) is 28.5 Å². The molecule has 0 spiro atoms. The number of ether oxygens (including phenoxy) is 1. The molecule has 0 radical (unpaired) electrons. The largest absolute Gasteiger partial charge is 0.482 e. The second-order valence-electron chi connectivity index (χ2n) is 5.25. The van der Waals surface area contributed by atoms with Gasteiger partial charge in [0.25, 0.3) is 0 Å². The van der Waals surface area contributed by atoms with E-state index in [-0.39, 0.29) is 25.2 Å². The molecule has 0 bridgehead atoms. The zero-order valence-electron chi connectivity index (χ0n) is 14.6. The Morgan fingerprint density at radius 3 is 2.92 bits per heavy atom. The molecule has 1 unspecified atom stereocenters. The fourth-order valence-corrected chi connectivity index (χ4v) is 2.16. The monoisotopic (exact) mass is 333 g/mol. The van der Waals surface area contributed by atoms with Gasteiger partial charge in [0.1, 0.15) is 6.61 Å². The number of aliphatic hydroxyl groups is 1. The lowest BCUT2D eigenvalue weighted by atomic mass is 10.1. The molecule has 3 N–H and O–H groups in total. The van der Waals surface area contributed by atoms with Crippen molar-refractivity contribution in [2.75, 3.05) is 37.9 Å². The van der Waals surface area contributed by atoms with Crippen LogP contribution in [0.4, 0.5) is 11.8 Å². The van der Waals surface area contributed by atoms with Gasteiger partial charge < -0.3 is 20.5 Å². The first-order chi connectivity index (χ1) is 11.6. The molecule has 0 saturated heterocycles. The molecule has 7 nitrogen and oxygen atoms in total. The van der Waals surface area contributed by atoms with Crippen LogP contribution in [0, 0.1) is 0 Å². The van der Waals surface area contributed by atoms with Gasteiger partial charge in [-0.25, -0.2) is 4.98 Å². The van der Waals surface area contributed by atoms with Crippen LogP contribution in [0.2, 0.25) is 0 Å². The molecule has 0 amide bonds. The maximum atomic E-state index is 9.61. The highest BCUT2D eigenvalue weighted by Crippen LogP contribution is 2.27. The summed E-state index contributed by atoms with van der Waals surface area (Å²) in [6.07, 6.45) is 8.61. The number of hydrogen-bond donors (Lipinski definition) is 2. The summed E-state index contributed by atoms with van der Waals surface area (Å²) in [5, 5.41) is 9.61. The lowest BCUT2D eigenvalue weighted by molar-refractivity contribution is 0.254. The van der Waals surface area contributed by atoms with Crippen molar-refractivity contribution < 1.29 is 9.84 Å². The Hall–Kier alpha value is -2.41. The Balaban J connectivity index is 2.99. The van der Waals surface area contributed by atoms with E-state index in [1.165, 1.54) is 0 Å². The molecule has 0 saturated carbocycles. The SMILES string of the molecule is C=C/C=C\C(COc1cnc(N)nc1N(C)C(CO)CCC)=N/C. The van der Waals surface area contributed by atoms with Gasteiger partial charge in [0, 0.05) is 14.1 Å². The van der Waals surface area contributed by atoms with E-state index in [1.807, 2.05) is 18.0 Å². The number of nitrogen functional groups attached to an aromatic ring is 1. The minimum atomic E-state index is -0.0633. The average Bonchev–Trinajstić information content (AvgIpc) is 2.60. The minimum Gasteiger partial charge on any atom is -0.482 e. The number of hydrogen-bond acceptors (Lipinski definition) is 7. The van der Waals surface area contributed by atoms with E-state index in [1.54, 1.807) is 25.4 Å². The molecule has 1 aromatic heterocycles. The van der Waals surface area contributed by atoms with Crippen LogP contribution in [0.25, 0.3) is 0 Å². The molecule has 0 aliphatic carbocycles. The lowest BCUT2D eigenvalue weighted by Gasteiger charge is -2.28. The fraction of sp³-hybridized carbons (Fsp3) is 0.471. The third-order valence-corrected chi connectivity index (χ3v) is 3.56. The number of anilines is 2. The van der Waals surface area contributed by atoms with Crippen molar-refractivity contribution in [2.24, 2.45) is 4.99 Å². The maximum Gasteiger partial charge on any atom is 0.222 e. The van der Waals surface area contributed by atoms with E-state index in [0.717, 1.165) is 18.6 Å². The number of nitrogens with zero attached hydrogens (tertiary/aromatic N) is 4. The quantitative estimate of drug-likeness (QED) is 0.501. The van der Waals surface area contributed by atoms with E-state index in [4.69, 9.17) is 10.5 Å². The van der Waals surface area contributed by atoms with Gasteiger partial charge in [-0.05, 0) is 12.5 Å². The molecule has 0 aromatic carbocycles. The van der Waals surface area contributed by atoms with Gasteiger partial charge in [-0.3, -0.25) is 4.99 Å². The van der Waals surface area contributed by atoms with Crippen LogP contribution in [0.5, 0.6) is 5.75 Å². The summed E-state index contributed by atoms with van der Waals surface area (Å²) in [5.41, 5.74) is 6.47. The molecular formula is C17H27N5O2. The van der Waals surface area contributed by atoms with Crippen LogP contribution < -0.4 is 15.4 Å². The Kier molecular flexibility index (Phi) is 8.49. The molecule has 1 rings (SSSR count). The summed E-state index contributed by atoms with van der Waals surface area (Å²) in [6, 6.07) is -0.0633. The molecule has 0 aliphatic rings. The first kappa shape index (κ1) is 19.6. The standard InChI is InChI=1S/C17H27N5O2/c1-5-7-9-13(19-3)12-24-15-10-20-17(18)21-16(15)22(4)14(11-23)8-6-2/h5,7,9-10,14,23H,1,6,8,11-12H2,2-4H3,(H2,18,20,21)/b9-7-,19-13+. The minimum absolute atomic E-state index is 0.0252. The summed E-state index contributed by atoms with van der Waals surface area (Å²) >= 11 is 0. The van der Waals surface area contributed by atoms with Gasteiger partial charge in [0.2, 0.25) is 5.95 Å². The van der Waals surface area contributed by atoms with Gasteiger partial charge in [-0.15, -0.1) is 0 Å². The molecule has 132 valence electrons. The normalized spacial score (nSPS) is 13.1. The molecule has 1 atom stereocenters. The highest BCUT2D eigenvalue weighted by Gasteiger charge is 2.19. The van der Waals surface area contributed by atoms with Crippen LogP contribution in [-0.2, 0) is 0 Å². The average molecular weight is 333 g/mol. The molecule has 0 aliphatic heterocycles. The predicted octanol–water partition coefficient (Wildman–Crippen LogP) is 1.85. The summed E-state index contributed by atoms with van der Waals surface area (Å²) < 4.78 is 5.82. The van der Waals surface area contributed by atoms with Crippen molar-refractivity contribution in [1.82, 2.24) is 9.97 Å². The second kappa shape index (κ2) is 10.4. The second-order valence-corrected chi connectivity index (χ2v) is 5.25. The first-order valence-electron chi connectivity index (χ1n) is 7.91. The van der Waals surface area contributed by atoms with E-state index in [9.17, 15) is 5.11 Å². The van der Waals surface area contributed by atoms with Gasteiger partial charge in [0.15, 0.2) is 11.6 Å². The van der Waals surface area contributed by atoms with Gasteiger partial charge in [0.05, 0.1) is 24.6 Å². The van der Waals surface area contributed by atoms with E-state index in [0.29, 0.717) is 11.6 Å². The molecule has 0 fully saturated rings. The van der Waals surface area contributed by atoms with Crippen molar-refractivity contribution in [3.05, 3.63) is 31.0 Å². The van der Waals surface area contributed by atoms with Crippen molar-refractivity contribution in [1.29, 1.82) is 0 Å². The number of allylic oxidation sites excluding steroid dienone is 2. The van der Waals surface area contributed by atoms with Crippen LogP contribution in [-0.4, -0.2) is 54.1 Å². The van der Waals surface area contributed by atoms with Crippen molar-refractivity contribution in [2.45, 2.75) is 25.8 Å². The van der Waals surface area contributed by atoms with Crippen LogP contribution in [0.15, 0.2) is 36.0 Å². The lowest BCUT2D eigenvalue weighted by Crippen LogP contribution is -2.35. The third kappa shape index (κ3) is 5.66. The Morgan fingerprint density at radius 2 is 2.33 bits per heavy atom. The van der Waals surface area contributed by atoms with Crippen LogP contribution >= 0.6 is 0 Å². The van der Waals surface area contributed by atoms with E-state index < -0.39 is 0 Å². The number of likely N-dealkylation sites (N-methyl/N-ethyl adjacent to an activating group) is 1. The van der Waals surface area contributed by atoms with Gasteiger partial charge in [-0.2, -0.15) is 4.98 Å². The highest BCUT2D eigenvalue weighted by molar-refractivity contribution is 5.96.